The van der Waals surface area contributed by atoms with Gasteiger partial charge in [0.25, 0.3) is 5.91 Å². The van der Waals surface area contributed by atoms with Crippen LogP contribution in [0.3, 0.4) is 0 Å². The van der Waals surface area contributed by atoms with Gasteiger partial charge in [-0.3, -0.25) is 4.79 Å². The summed E-state index contributed by atoms with van der Waals surface area (Å²) < 4.78 is 0. The molecule has 0 spiro atoms. The van der Waals surface area contributed by atoms with Crippen LogP contribution in [-0.4, -0.2) is 49.6 Å². The van der Waals surface area contributed by atoms with Crippen LogP contribution in [0.2, 0.25) is 0 Å². The van der Waals surface area contributed by atoms with E-state index in [4.69, 9.17) is 0 Å². The lowest BCUT2D eigenvalue weighted by molar-refractivity contribution is 0.0787. The van der Waals surface area contributed by atoms with E-state index in [1.54, 1.807) is 24.3 Å². The van der Waals surface area contributed by atoms with E-state index < -0.39 is 0 Å². The number of anilines is 1. The van der Waals surface area contributed by atoms with Crippen molar-refractivity contribution in [3.8, 4) is 0 Å². The van der Waals surface area contributed by atoms with E-state index in [1.165, 1.54) is 0 Å². The van der Waals surface area contributed by atoms with E-state index >= 15 is 0 Å². The van der Waals surface area contributed by atoms with Crippen molar-refractivity contribution in [2.24, 2.45) is 5.92 Å². The monoisotopic (exact) mass is 354 g/mol. The van der Waals surface area contributed by atoms with Crippen LogP contribution in [0.15, 0.2) is 24.3 Å². The number of rotatable bonds is 5. The number of likely N-dealkylation sites (tertiary alicyclic amines) is 1. The largest absolute Gasteiger partial charge is 0.338 e. The molecule has 0 aromatic heterocycles. The topological polar surface area (TPSA) is 73.5 Å². The van der Waals surface area contributed by atoms with Gasteiger partial charge in [-0.1, -0.05) is 6.07 Å². The highest BCUT2D eigenvalue weighted by atomic mass is 35.5. The number of nitrogens with zero attached hydrogens (tertiary/aromatic N) is 1. The number of hydrogen-bond acceptors (Lipinski definition) is 3. The molecule has 0 bridgehead atoms. The third-order valence-electron chi connectivity index (χ3n) is 3.85. The maximum atomic E-state index is 12.6. The summed E-state index contributed by atoms with van der Waals surface area (Å²) in [5, 5.41) is 8.68. The Bertz CT molecular complexity index is 565. The van der Waals surface area contributed by atoms with Gasteiger partial charge in [-0.05, 0) is 58.0 Å². The van der Waals surface area contributed by atoms with Gasteiger partial charge in [-0.15, -0.1) is 12.4 Å². The summed E-state index contributed by atoms with van der Waals surface area (Å²) in [7, 11) is 1.93. The van der Waals surface area contributed by atoms with Gasteiger partial charge in [0.2, 0.25) is 0 Å². The Balaban J connectivity index is 0.00000288. The molecule has 1 fully saturated rings. The van der Waals surface area contributed by atoms with Gasteiger partial charge in [0.05, 0.1) is 0 Å². The van der Waals surface area contributed by atoms with Crippen LogP contribution < -0.4 is 16.0 Å². The van der Waals surface area contributed by atoms with Crippen LogP contribution in [0.4, 0.5) is 10.5 Å². The molecule has 6 nitrogen and oxygen atoms in total. The Morgan fingerprint density at radius 1 is 1.33 bits per heavy atom. The fourth-order valence-corrected chi connectivity index (χ4v) is 2.81. The van der Waals surface area contributed by atoms with E-state index in [2.05, 4.69) is 16.0 Å². The molecule has 1 aliphatic heterocycles. The van der Waals surface area contributed by atoms with Crippen molar-refractivity contribution >= 4 is 30.0 Å². The molecule has 1 aliphatic rings. The molecule has 1 aromatic rings. The highest BCUT2D eigenvalue weighted by Crippen LogP contribution is 2.19. The van der Waals surface area contributed by atoms with Gasteiger partial charge in [0, 0.05) is 30.4 Å². The predicted molar refractivity (Wildman–Crippen MR) is 98.9 cm³/mol. The third-order valence-corrected chi connectivity index (χ3v) is 3.85. The van der Waals surface area contributed by atoms with E-state index in [-0.39, 0.29) is 30.4 Å². The molecule has 1 unspecified atom stereocenters. The van der Waals surface area contributed by atoms with Crippen LogP contribution in [-0.2, 0) is 0 Å². The van der Waals surface area contributed by atoms with Crippen molar-refractivity contribution < 1.29 is 9.59 Å². The van der Waals surface area contributed by atoms with Crippen molar-refractivity contribution in [2.75, 3.05) is 32.0 Å². The first-order valence-corrected chi connectivity index (χ1v) is 8.11. The molecular weight excluding hydrogens is 328 g/mol. The maximum Gasteiger partial charge on any atom is 0.319 e. The van der Waals surface area contributed by atoms with Crippen molar-refractivity contribution in [3.63, 3.8) is 0 Å². The number of urea groups is 1. The fourth-order valence-electron chi connectivity index (χ4n) is 2.81. The van der Waals surface area contributed by atoms with Crippen LogP contribution in [0.5, 0.6) is 0 Å². The standard InChI is InChI=1S/C17H26N4O2.ClH/c1-12(2)19-17(23)20-15-6-4-5-14(9-15)16(22)21-8-7-13(11-21)10-18-3;/h4-6,9,12-13,18H,7-8,10-11H2,1-3H3,(H2,19,20,23);1H. The highest BCUT2D eigenvalue weighted by molar-refractivity contribution is 5.97. The molecule has 3 N–H and O–H groups in total. The average Bonchev–Trinajstić information content (AvgIpc) is 2.95. The Morgan fingerprint density at radius 3 is 2.75 bits per heavy atom. The maximum absolute atomic E-state index is 12.6. The van der Waals surface area contributed by atoms with E-state index in [0.29, 0.717) is 17.2 Å². The predicted octanol–water partition coefficient (Wildman–Crippen LogP) is 2.32. The molecular formula is C17H27ClN4O2. The summed E-state index contributed by atoms with van der Waals surface area (Å²) in [6, 6.07) is 6.89. The molecule has 0 aliphatic carbocycles. The second-order valence-corrected chi connectivity index (χ2v) is 6.30. The van der Waals surface area contributed by atoms with Gasteiger partial charge < -0.3 is 20.9 Å². The van der Waals surface area contributed by atoms with Gasteiger partial charge in [0.1, 0.15) is 0 Å². The zero-order valence-corrected chi connectivity index (χ0v) is 15.3. The summed E-state index contributed by atoms with van der Waals surface area (Å²) in [4.78, 5) is 26.2. The van der Waals surface area contributed by atoms with E-state index in [0.717, 1.165) is 26.1 Å². The Kier molecular flexibility index (Phi) is 8.01. The number of nitrogens with one attached hydrogen (secondary N) is 3. The van der Waals surface area contributed by atoms with E-state index in [1.807, 2.05) is 25.8 Å². The normalized spacial score (nSPS) is 16.7. The van der Waals surface area contributed by atoms with Gasteiger partial charge >= 0.3 is 6.03 Å². The van der Waals surface area contributed by atoms with Crippen molar-refractivity contribution in [1.29, 1.82) is 0 Å². The van der Waals surface area contributed by atoms with Crippen molar-refractivity contribution in [1.82, 2.24) is 15.5 Å². The minimum Gasteiger partial charge on any atom is -0.338 e. The first kappa shape index (κ1) is 20.3. The van der Waals surface area contributed by atoms with Crippen LogP contribution >= 0.6 is 12.4 Å². The molecule has 1 heterocycles. The molecule has 1 aromatic carbocycles. The smallest absolute Gasteiger partial charge is 0.319 e. The second kappa shape index (κ2) is 9.49. The number of halogens is 1. The summed E-state index contributed by atoms with van der Waals surface area (Å²) in [6.07, 6.45) is 1.03. The zero-order chi connectivity index (χ0) is 16.8. The Hall–Kier alpha value is -1.79. The number of carbonyl (C=O) groups is 2. The molecule has 24 heavy (non-hydrogen) atoms. The minimum absolute atomic E-state index is 0. The lowest BCUT2D eigenvalue weighted by atomic mass is 10.1. The highest BCUT2D eigenvalue weighted by Gasteiger charge is 2.26. The molecule has 0 radical (unpaired) electrons. The number of amides is 3. The molecule has 3 amide bonds. The second-order valence-electron chi connectivity index (χ2n) is 6.30. The zero-order valence-electron chi connectivity index (χ0n) is 14.5. The first-order chi connectivity index (χ1) is 11.0. The summed E-state index contributed by atoms with van der Waals surface area (Å²) in [5.41, 5.74) is 1.23. The number of benzene rings is 1. The average molecular weight is 355 g/mol. The molecule has 7 heteroatoms. The first-order valence-electron chi connectivity index (χ1n) is 8.11. The van der Waals surface area contributed by atoms with E-state index in [9.17, 15) is 9.59 Å². The Labute approximate surface area is 149 Å². The summed E-state index contributed by atoms with van der Waals surface area (Å²) in [6.45, 7) is 6.30. The summed E-state index contributed by atoms with van der Waals surface area (Å²) in [5.74, 6) is 0.540. The third kappa shape index (κ3) is 5.69. The lowest BCUT2D eigenvalue weighted by Gasteiger charge is -2.17. The van der Waals surface area contributed by atoms with Crippen molar-refractivity contribution in [3.05, 3.63) is 29.8 Å². The molecule has 0 saturated carbocycles. The van der Waals surface area contributed by atoms with Gasteiger partial charge in [-0.25, -0.2) is 4.79 Å². The number of carbonyl (C=O) groups excluding carboxylic acids is 2. The quantitative estimate of drug-likeness (QED) is 0.759. The minimum atomic E-state index is -0.264. The molecule has 1 atom stereocenters. The van der Waals surface area contributed by atoms with Gasteiger partial charge in [0.15, 0.2) is 0 Å². The van der Waals surface area contributed by atoms with Crippen LogP contribution in [0, 0.1) is 5.92 Å². The summed E-state index contributed by atoms with van der Waals surface area (Å²) >= 11 is 0. The van der Waals surface area contributed by atoms with Crippen molar-refractivity contribution in [2.45, 2.75) is 26.3 Å². The lowest BCUT2D eigenvalue weighted by Crippen LogP contribution is -2.34. The molecule has 1 saturated heterocycles. The SMILES string of the molecule is CNCC1CCN(C(=O)c2cccc(NC(=O)NC(C)C)c2)C1.Cl. The Morgan fingerprint density at radius 2 is 2.08 bits per heavy atom. The molecule has 134 valence electrons. The molecule has 2 rings (SSSR count). The van der Waals surface area contributed by atoms with Crippen LogP contribution in [0.25, 0.3) is 0 Å². The fraction of sp³-hybridized carbons (Fsp3) is 0.529. The van der Waals surface area contributed by atoms with Crippen LogP contribution in [0.1, 0.15) is 30.6 Å². The number of hydrogen-bond donors (Lipinski definition) is 3. The van der Waals surface area contributed by atoms with Gasteiger partial charge in [-0.2, -0.15) is 0 Å².